The van der Waals surface area contributed by atoms with Crippen LogP contribution < -0.4 is 5.73 Å². The third-order valence-corrected chi connectivity index (χ3v) is 4.11. The van der Waals surface area contributed by atoms with Gasteiger partial charge in [-0.25, -0.2) is 0 Å². The molecule has 2 rings (SSSR count). The van der Waals surface area contributed by atoms with Crippen molar-refractivity contribution in [3.05, 3.63) is 0 Å². The molecule has 0 radical (unpaired) electrons. The summed E-state index contributed by atoms with van der Waals surface area (Å²) in [5.74, 6) is 1.51. The predicted molar refractivity (Wildman–Crippen MR) is 92.1 cm³/mol. The number of hydrogen-bond acceptors (Lipinski definition) is 2. The smallest absolute Gasteiger partial charge is 0.191 e. The monoisotopic (exact) mass is 380 g/mol. The fraction of sp³-hybridized carbons (Fsp3) is 0.929. The summed E-state index contributed by atoms with van der Waals surface area (Å²) < 4.78 is 0. The van der Waals surface area contributed by atoms with E-state index in [2.05, 4.69) is 28.6 Å². The highest BCUT2D eigenvalue weighted by Crippen LogP contribution is 2.25. The fourth-order valence-electron chi connectivity index (χ4n) is 2.83. The quantitative estimate of drug-likeness (QED) is 0.452. The van der Waals surface area contributed by atoms with E-state index in [1.165, 1.54) is 25.7 Å². The van der Waals surface area contributed by atoms with Crippen molar-refractivity contribution in [2.75, 3.05) is 32.7 Å². The van der Waals surface area contributed by atoms with E-state index in [-0.39, 0.29) is 24.0 Å². The summed E-state index contributed by atoms with van der Waals surface area (Å²) in [6, 6.07) is 0.835. The van der Waals surface area contributed by atoms with E-state index < -0.39 is 0 Å². The van der Waals surface area contributed by atoms with Crippen LogP contribution in [0.1, 0.15) is 39.5 Å². The zero-order valence-corrected chi connectivity index (χ0v) is 14.7. The molecular formula is C14H29IN4. The van der Waals surface area contributed by atoms with Gasteiger partial charge in [0.25, 0.3) is 0 Å². The Bertz CT molecular complexity index is 291. The SMILES string of the molecule is CCN(CCN=C(N)N1CCCC(C)C1)C1CC1.I. The van der Waals surface area contributed by atoms with E-state index in [1.807, 2.05) is 0 Å². The van der Waals surface area contributed by atoms with Gasteiger partial charge in [-0.3, -0.25) is 9.89 Å². The van der Waals surface area contributed by atoms with Crippen LogP contribution in [0.2, 0.25) is 0 Å². The number of likely N-dealkylation sites (tertiary alicyclic amines) is 1. The number of aliphatic imine (C=N–C) groups is 1. The first-order valence-electron chi connectivity index (χ1n) is 7.49. The standard InChI is InChI=1S/C14H28N4.HI/c1-3-17(13-6-7-13)10-8-16-14(15)18-9-4-5-12(2)11-18;/h12-13H,3-11H2,1-2H3,(H2,15,16);1H. The predicted octanol–water partition coefficient (Wildman–Crippen LogP) is 2.14. The van der Waals surface area contributed by atoms with Gasteiger partial charge in [0.15, 0.2) is 5.96 Å². The van der Waals surface area contributed by atoms with Crippen LogP contribution in [-0.2, 0) is 0 Å². The largest absolute Gasteiger partial charge is 0.370 e. The third-order valence-electron chi connectivity index (χ3n) is 4.11. The second kappa shape index (κ2) is 8.29. The minimum atomic E-state index is 0. The molecule has 0 aromatic carbocycles. The van der Waals surface area contributed by atoms with Gasteiger partial charge in [-0.2, -0.15) is 0 Å². The number of likely N-dealkylation sites (N-methyl/N-ethyl adjacent to an activating group) is 1. The maximum Gasteiger partial charge on any atom is 0.191 e. The van der Waals surface area contributed by atoms with Gasteiger partial charge in [-0.15, -0.1) is 24.0 Å². The van der Waals surface area contributed by atoms with Crippen LogP contribution >= 0.6 is 24.0 Å². The Labute approximate surface area is 134 Å². The maximum atomic E-state index is 6.09. The average Bonchev–Trinajstić information content (AvgIpc) is 3.18. The molecule has 1 unspecified atom stereocenters. The number of piperidine rings is 1. The van der Waals surface area contributed by atoms with E-state index in [1.54, 1.807) is 0 Å². The summed E-state index contributed by atoms with van der Waals surface area (Å²) in [6.07, 6.45) is 5.32. The first kappa shape index (κ1) is 17.0. The average molecular weight is 380 g/mol. The molecule has 0 spiro atoms. The van der Waals surface area contributed by atoms with E-state index in [9.17, 15) is 0 Å². The van der Waals surface area contributed by atoms with Crippen molar-refractivity contribution in [1.82, 2.24) is 9.80 Å². The molecule has 5 heteroatoms. The molecule has 19 heavy (non-hydrogen) atoms. The number of nitrogens with zero attached hydrogens (tertiary/aromatic N) is 3. The van der Waals surface area contributed by atoms with Crippen molar-refractivity contribution in [3.63, 3.8) is 0 Å². The highest BCUT2D eigenvalue weighted by molar-refractivity contribution is 14.0. The van der Waals surface area contributed by atoms with Crippen LogP contribution in [0.5, 0.6) is 0 Å². The van der Waals surface area contributed by atoms with E-state index in [0.717, 1.165) is 50.6 Å². The second-order valence-corrected chi connectivity index (χ2v) is 5.79. The third kappa shape index (κ3) is 5.45. The summed E-state index contributed by atoms with van der Waals surface area (Å²) in [6.45, 7) is 9.74. The number of nitrogens with two attached hydrogens (primary N) is 1. The number of guanidine groups is 1. The molecule has 2 aliphatic rings. The van der Waals surface area contributed by atoms with Crippen molar-refractivity contribution in [2.24, 2.45) is 16.6 Å². The van der Waals surface area contributed by atoms with E-state index >= 15 is 0 Å². The Balaban J connectivity index is 0.00000180. The molecule has 1 heterocycles. The van der Waals surface area contributed by atoms with Crippen LogP contribution in [0.3, 0.4) is 0 Å². The van der Waals surface area contributed by atoms with E-state index in [4.69, 9.17) is 5.73 Å². The van der Waals surface area contributed by atoms with Gasteiger partial charge in [0.2, 0.25) is 0 Å². The van der Waals surface area contributed by atoms with Gasteiger partial charge in [-0.1, -0.05) is 13.8 Å². The lowest BCUT2D eigenvalue weighted by atomic mass is 10.0. The van der Waals surface area contributed by atoms with Crippen LogP contribution in [0.25, 0.3) is 0 Å². The lowest BCUT2D eigenvalue weighted by molar-refractivity contribution is 0.267. The van der Waals surface area contributed by atoms with Gasteiger partial charge in [0.05, 0.1) is 6.54 Å². The maximum absolute atomic E-state index is 6.09. The normalized spacial score (nSPS) is 24.5. The Morgan fingerprint density at radius 1 is 1.37 bits per heavy atom. The van der Waals surface area contributed by atoms with Gasteiger partial charge in [0.1, 0.15) is 0 Å². The van der Waals surface area contributed by atoms with Crippen LogP contribution in [-0.4, -0.2) is 54.5 Å². The molecule has 1 saturated carbocycles. The highest BCUT2D eigenvalue weighted by atomic mass is 127. The Morgan fingerprint density at radius 3 is 2.68 bits per heavy atom. The highest BCUT2D eigenvalue weighted by Gasteiger charge is 2.27. The Hall–Kier alpha value is -0.0400. The number of rotatable bonds is 5. The molecule has 112 valence electrons. The molecule has 1 aliphatic heterocycles. The van der Waals surface area contributed by atoms with Crippen molar-refractivity contribution in [3.8, 4) is 0 Å². The summed E-state index contributed by atoms with van der Waals surface area (Å²) in [5, 5.41) is 0. The van der Waals surface area contributed by atoms with Crippen molar-refractivity contribution < 1.29 is 0 Å². The molecule has 2 fully saturated rings. The molecule has 2 N–H and O–H groups in total. The summed E-state index contributed by atoms with van der Waals surface area (Å²) in [4.78, 5) is 9.33. The van der Waals surface area contributed by atoms with E-state index in [0.29, 0.717) is 0 Å². The van der Waals surface area contributed by atoms with Crippen LogP contribution in [0.4, 0.5) is 0 Å². The van der Waals surface area contributed by atoms with Crippen molar-refractivity contribution in [1.29, 1.82) is 0 Å². The topological polar surface area (TPSA) is 44.9 Å². The first-order chi connectivity index (χ1) is 8.70. The first-order valence-corrected chi connectivity index (χ1v) is 7.49. The van der Waals surface area contributed by atoms with Crippen LogP contribution in [0.15, 0.2) is 4.99 Å². The second-order valence-electron chi connectivity index (χ2n) is 5.79. The van der Waals surface area contributed by atoms with Gasteiger partial charge < -0.3 is 10.6 Å². The number of hydrogen-bond donors (Lipinski definition) is 1. The molecule has 1 saturated heterocycles. The fourth-order valence-corrected chi connectivity index (χ4v) is 2.83. The lowest BCUT2D eigenvalue weighted by Crippen LogP contribution is -2.43. The lowest BCUT2D eigenvalue weighted by Gasteiger charge is -2.31. The van der Waals surface area contributed by atoms with Crippen LogP contribution in [0, 0.1) is 5.92 Å². The molecule has 1 atom stereocenters. The van der Waals surface area contributed by atoms with Gasteiger partial charge in [-0.05, 0) is 38.1 Å². The zero-order chi connectivity index (χ0) is 13.0. The number of halogens is 1. The summed E-state index contributed by atoms with van der Waals surface area (Å²) in [7, 11) is 0. The molecular weight excluding hydrogens is 351 g/mol. The van der Waals surface area contributed by atoms with Crippen molar-refractivity contribution >= 4 is 29.9 Å². The molecule has 0 bridgehead atoms. The minimum Gasteiger partial charge on any atom is -0.370 e. The van der Waals surface area contributed by atoms with Gasteiger partial charge >= 0.3 is 0 Å². The minimum absolute atomic E-state index is 0. The molecule has 0 aromatic rings. The molecule has 0 aromatic heterocycles. The summed E-state index contributed by atoms with van der Waals surface area (Å²) in [5.41, 5.74) is 6.09. The van der Waals surface area contributed by atoms with Crippen molar-refractivity contribution in [2.45, 2.75) is 45.6 Å². The summed E-state index contributed by atoms with van der Waals surface area (Å²) >= 11 is 0. The Kier molecular flexibility index (Phi) is 7.42. The Morgan fingerprint density at radius 2 is 2.11 bits per heavy atom. The molecule has 1 aliphatic carbocycles. The molecule has 0 amide bonds. The van der Waals surface area contributed by atoms with Gasteiger partial charge in [0, 0.05) is 25.7 Å². The zero-order valence-electron chi connectivity index (χ0n) is 12.3. The molecule has 4 nitrogen and oxygen atoms in total.